The van der Waals surface area contributed by atoms with E-state index in [0.717, 1.165) is 18.1 Å². The van der Waals surface area contributed by atoms with E-state index in [1.54, 1.807) is 0 Å². The molecule has 0 amide bonds. The van der Waals surface area contributed by atoms with Crippen LogP contribution in [-0.2, 0) is 6.54 Å². The zero-order chi connectivity index (χ0) is 12.4. The summed E-state index contributed by atoms with van der Waals surface area (Å²) in [5, 5.41) is 0.663. The van der Waals surface area contributed by atoms with E-state index in [1.165, 1.54) is 12.8 Å². The molecule has 1 heterocycles. The van der Waals surface area contributed by atoms with Crippen LogP contribution in [0.1, 0.15) is 32.4 Å². The van der Waals surface area contributed by atoms with Crippen LogP contribution in [0, 0.1) is 5.92 Å². The molecule has 1 aromatic rings. The molecule has 2 N–H and O–H groups in total. The smallest absolute Gasteiger partial charge is 0.129 e. The summed E-state index contributed by atoms with van der Waals surface area (Å²) in [5.74, 6) is 1.65. The zero-order valence-corrected chi connectivity index (χ0v) is 11.2. The predicted octanol–water partition coefficient (Wildman–Crippen LogP) is 2.82. The maximum atomic E-state index is 6.04. The first kappa shape index (κ1) is 12.7. The van der Waals surface area contributed by atoms with Crippen LogP contribution in [0.3, 0.4) is 0 Å². The van der Waals surface area contributed by atoms with Crippen molar-refractivity contribution in [2.75, 3.05) is 11.4 Å². The summed E-state index contributed by atoms with van der Waals surface area (Å²) >= 11 is 6.04. The van der Waals surface area contributed by atoms with Gasteiger partial charge in [0, 0.05) is 19.1 Å². The molecule has 2 rings (SSSR count). The molecule has 0 spiro atoms. The standard InChI is InChI=1S/C13H20ClN3/c1-9(2)8-17(10-3-4-10)13-6-5-11(14)12(7-15)16-13/h5-6,9-10H,3-4,7-8,15H2,1-2H3. The van der Waals surface area contributed by atoms with Gasteiger partial charge >= 0.3 is 0 Å². The Kier molecular flexibility index (Phi) is 3.89. The van der Waals surface area contributed by atoms with E-state index in [9.17, 15) is 0 Å². The van der Waals surface area contributed by atoms with Crippen LogP contribution in [0.5, 0.6) is 0 Å². The molecule has 0 radical (unpaired) electrons. The first-order valence-corrected chi connectivity index (χ1v) is 6.61. The number of aromatic nitrogens is 1. The highest BCUT2D eigenvalue weighted by Crippen LogP contribution is 2.32. The highest BCUT2D eigenvalue weighted by Gasteiger charge is 2.30. The third kappa shape index (κ3) is 3.11. The van der Waals surface area contributed by atoms with Gasteiger partial charge in [-0.1, -0.05) is 25.4 Å². The minimum atomic E-state index is 0.396. The average Bonchev–Trinajstić information content (AvgIpc) is 3.10. The van der Waals surface area contributed by atoms with Gasteiger partial charge in [0.05, 0.1) is 10.7 Å². The van der Waals surface area contributed by atoms with Crippen molar-refractivity contribution < 1.29 is 0 Å². The molecule has 17 heavy (non-hydrogen) atoms. The Morgan fingerprint density at radius 1 is 1.47 bits per heavy atom. The van der Waals surface area contributed by atoms with E-state index in [4.69, 9.17) is 17.3 Å². The Labute approximate surface area is 108 Å². The lowest BCUT2D eigenvalue weighted by atomic mass is 10.2. The first-order valence-electron chi connectivity index (χ1n) is 6.24. The van der Waals surface area contributed by atoms with Crippen molar-refractivity contribution in [3.05, 3.63) is 22.8 Å². The van der Waals surface area contributed by atoms with Crippen molar-refractivity contribution in [3.8, 4) is 0 Å². The van der Waals surface area contributed by atoms with Gasteiger partial charge < -0.3 is 10.6 Å². The van der Waals surface area contributed by atoms with E-state index < -0.39 is 0 Å². The van der Waals surface area contributed by atoms with E-state index >= 15 is 0 Å². The molecule has 1 aromatic heterocycles. The molecule has 1 saturated carbocycles. The largest absolute Gasteiger partial charge is 0.353 e. The molecule has 0 aromatic carbocycles. The van der Waals surface area contributed by atoms with E-state index in [2.05, 4.69) is 23.7 Å². The third-order valence-corrected chi connectivity index (χ3v) is 3.29. The number of pyridine rings is 1. The summed E-state index contributed by atoms with van der Waals surface area (Å²) < 4.78 is 0. The highest BCUT2D eigenvalue weighted by molar-refractivity contribution is 6.31. The highest BCUT2D eigenvalue weighted by atomic mass is 35.5. The van der Waals surface area contributed by atoms with Crippen LogP contribution in [-0.4, -0.2) is 17.6 Å². The topological polar surface area (TPSA) is 42.1 Å². The molecule has 1 aliphatic rings. The van der Waals surface area contributed by atoms with Crippen LogP contribution >= 0.6 is 11.6 Å². The quantitative estimate of drug-likeness (QED) is 0.878. The lowest BCUT2D eigenvalue weighted by molar-refractivity contribution is 0.602. The van der Waals surface area contributed by atoms with Crippen LogP contribution in [0.2, 0.25) is 5.02 Å². The molecule has 4 heteroatoms. The molecule has 0 saturated heterocycles. The zero-order valence-electron chi connectivity index (χ0n) is 10.5. The van der Waals surface area contributed by atoms with Crippen molar-refractivity contribution in [1.82, 2.24) is 4.98 Å². The van der Waals surface area contributed by atoms with Crippen molar-refractivity contribution >= 4 is 17.4 Å². The maximum Gasteiger partial charge on any atom is 0.129 e. The summed E-state index contributed by atoms with van der Waals surface area (Å²) in [7, 11) is 0. The van der Waals surface area contributed by atoms with Crippen LogP contribution in [0.4, 0.5) is 5.82 Å². The monoisotopic (exact) mass is 253 g/mol. The summed E-state index contributed by atoms with van der Waals surface area (Å²) in [4.78, 5) is 6.96. The van der Waals surface area contributed by atoms with E-state index in [-0.39, 0.29) is 0 Å². The molecule has 1 fully saturated rings. The van der Waals surface area contributed by atoms with Crippen LogP contribution < -0.4 is 10.6 Å². The minimum absolute atomic E-state index is 0.396. The van der Waals surface area contributed by atoms with Gasteiger partial charge in [0.1, 0.15) is 5.82 Å². The van der Waals surface area contributed by atoms with Gasteiger partial charge in [0.2, 0.25) is 0 Å². The molecule has 0 atom stereocenters. The molecular formula is C13H20ClN3. The Balaban J connectivity index is 2.22. The first-order chi connectivity index (χ1) is 8.11. The summed E-state index contributed by atoms with van der Waals surface area (Å²) in [5.41, 5.74) is 6.44. The average molecular weight is 254 g/mol. The number of nitrogens with two attached hydrogens (primary N) is 1. The normalized spacial score (nSPS) is 15.4. The molecule has 0 unspecified atom stereocenters. The van der Waals surface area contributed by atoms with Gasteiger partial charge in [-0.3, -0.25) is 0 Å². The molecule has 3 nitrogen and oxygen atoms in total. The van der Waals surface area contributed by atoms with Crippen molar-refractivity contribution in [2.45, 2.75) is 39.3 Å². The minimum Gasteiger partial charge on any atom is -0.353 e. The lowest BCUT2D eigenvalue weighted by Gasteiger charge is -2.26. The predicted molar refractivity (Wildman–Crippen MR) is 72.3 cm³/mol. The Morgan fingerprint density at radius 2 is 2.18 bits per heavy atom. The van der Waals surface area contributed by atoms with Gasteiger partial charge in [0.15, 0.2) is 0 Å². The number of nitrogens with zero attached hydrogens (tertiary/aromatic N) is 2. The Hall–Kier alpha value is -0.800. The van der Waals surface area contributed by atoms with Gasteiger partial charge in [-0.25, -0.2) is 4.98 Å². The molecule has 1 aliphatic carbocycles. The SMILES string of the molecule is CC(C)CN(c1ccc(Cl)c(CN)n1)C1CC1. The van der Waals surface area contributed by atoms with Crippen molar-refractivity contribution in [3.63, 3.8) is 0 Å². The van der Waals surface area contributed by atoms with E-state index in [0.29, 0.717) is 23.5 Å². The number of rotatable bonds is 5. The molecule has 0 bridgehead atoms. The van der Waals surface area contributed by atoms with Crippen LogP contribution in [0.25, 0.3) is 0 Å². The molecular weight excluding hydrogens is 234 g/mol. The second-order valence-corrected chi connectivity index (χ2v) is 5.49. The fraction of sp³-hybridized carbons (Fsp3) is 0.615. The van der Waals surface area contributed by atoms with Gasteiger partial charge in [-0.2, -0.15) is 0 Å². The van der Waals surface area contributed by atoms with Gasteiger partial charge in [-0.05, 0) is 30.9 Å². The lowest BCUT2D eigenvalue weighted by Crippen LogP contribution is -2.30. The molecule has 0 aliphatic heterocycles. The number of hydrogen-bond donors (Lipinski definition) is 1. The number of anilines is 1. The second-order valence-electron chi connectivity index (χ2n) is 5.08. The fourth-order valence-corrected chi connectivity index (χ4v) is 2.17. The second kappa shape index (κ2) is 5.23. The maximum absolute atomic E-state index is 6.04. The van der Waals surface area contributed by atoms with Gasteiger partial charge in [0.25, 0.3) is 0 Å². The Morgan fingerprint density at radius 3 is 2.71 bits per heavy atom. The third-order valence-electron chi connectivity index (χ3n) is 2.94. The van der Waals surface area contributed by atoms with Crippen molar-refractivity contribution in [1.29, 1.82) is 0 Å². The number of hydrogen-bond acceptors (Lipinski definition) is 3. The Bertz CT molecular complexity index is 388. The summed E-state index contributed by atoms with van der Waals surface area (Å²) in [6, 6.07) is 4.57. The van der Waals surface area contributed by atoms with Gasteiger partial charge in [-0.15, -0.1) is 0 Å². The fourth-order valence-electron chi connectivity index (χ4n) is 1.99. The van der Waals surface area contributed by atoms with Crippen LogP contribution in [0.15, 0.2) is 12.1 Å². The molecule has 94 valence electrons. The van der Waals surface area contributed by atoms with E-state index in [1.807, 2.05) is 12.1 Å². The van der Waals surface area contributed by atoms with Crippen molar-refractivity contribution in [2.24, 2.45) is 11.7 Å². The summed E-state index contributed by atoms with van der Waals surface area (Å²) in [6.45, 7) is 5.90. The summed E-state index contributed by atoms with van der Waals surface area (Å²) in [6.07, 6.45) is 2.55. The number of halogens is 1.